The van der Waals surface area contributed by atoms with Crippen molar-refractivity contribution in [2.24, 2.45) is 0 Å². The van der Waals surface area contributed by atoms with Crippen LogP contribution in [0.4, 0.5) is 5.69 Å². The van der Waals surface area contributed by atoms with Gasteiger partial charge in [-0.15, -0.1) is 0 Å². The van der Waals surface area contributed by atoms with Crippen LogP contribution in [0.3, 0.4) is 0 Å². The topological polar surface area (TPSA) is 91.6 Å². The lowest BCUT2D eigenvalue weighted by Gasteiger charge is -2.07. The second-order valence-corrected chi connectivity index (χ2v) is 4.05. The molecule has 0 aliphatic rings. The van der Waals surface area contributed by atoms with Crippen LogP contribution in [0.5, 0.6) is 5.75 Å². The Morgan fingerprint density at radius 1 is 1.15 bits per heavy atom. The summed E-state index contributed by atoms with van der Waals surface area (Å²) in [6.45, 7) is 0.180. The van der Waals surface area contributed by atoms with E-state index in [1.165, 1.54) is 18.4 Å². The largest absolute Gasteiger partial charge is 0.506 e. The minimum Gasteiger partial charge on any atom is -0.506 e. The normalized spacial score (nSPS) is 10.0. The monoisotopic (exact) mass is 274 g/mol. The molecular weight excluding hydrogens is 260 g/mol. The van der Waals surface area contributed by atoms with Gasteiger partial charge in [-0.2, -0.15) is 0 Å². The Hall–Kier alpha value is -2.76. The second-order valence-electron chi connectivity index (χ2n) is 4.05. The number of carbonyl (C=O) groups excluding carboxylic acids is 2. The van der Waals surface area contributed by atoms with E-state index in [0.29, 0.717) is 5.69 Å². The summed E-state index contributed by atoms with van der Waals surface area (Å²) >= 11 is 0. The van der Waals surface area contributed by atoms with E-state index in [0.717, 1.165) is 0 Å². The molecule has 0 aliphatic heterocycles. The highest BCUT2D eigenvalue weighted by Gasteiger charge is 2.09. The number of amides is 2. The van der Waals surface area contributed by atoms with Crippen molar-refractivity contribution < 1.29 is 19.1 Å². The Bertz CT molecular complexity index is 593. The number of benzene rings is 1. The average Bonchev–Trinajstić information content (AvgIpc) is 2.95. The van der Waals surface area contributed by atoms with Crippen LogP contribution in [0.25, 0.3) is 0 Å². The molecule has 2 rings (SSSR count). The number of hydrogen-bond acceptors (Lipinski definition) is 4. The number of furan rings is 1. The lowest BCUT2D eigenvalue weighted by atomic mass is 10.3. The predicted molar refractivity (Wildman–Crippen MR) is 72.4 cm³/mol. The van der Waals surface area contributed by atoms with Gasteiger partial charge >= 0.3 is 0 Å². The Morgan fingerprint density at radius 3 is 2.65 bits per heavy atom. The Kier molecular flexibility index (Phi) is 4.39. The van der Waals surface area contributed by atoms with E-state index in [2.05, 4.69) is 10.6 Å². The molecule has 104 valence electrons. The zero-order chi connectivity index (χ0) is 14.4. The van der Waals surface area contributed by atoms with Crippen molar-refractivity contribution in [1.82, 2.24) is 5.32 Å². The maximum absolute atomic E-state index is 11.6. The lowest BCUT2D eigenvalue weighted by molar-refractivity contribution is -0.116. The van der Waals surface area contributed by atoms with Gasteiger partial charge in [0.25, 0.3) is 5.91 Å². The fourth-order valence-corrected chi connectivity index (χ4v) is 1.58. The molecule has 20 heavy (non-hydrogen) atoms. The van der Waals surface area contributed by atoms with E-state index in [1.54, 1.807) is 24.3 Å². The summed E-state index contributed by atoms with van der Waals surface area (Å²) in [6, 6.07) is 9.59. The molecule has 1 aromatic carbocycles. The first kappa shape index (κ1) is 13.7. The van der Waals surface area contributed by atoms with Crippen molar-refractivity contribution in [3.63, 3.8) is 0 Å². The summed E-state index contributed by atoms with van der Waals surface area (Å²) in [4.78, 5) is 23.2. The minimum absolute atomic E-state index is 0.000436. The molecule has 0 atom stereocenters. The molecule has 2 aromatic rings. The van der Waals surface area contributed by atoms with Crippen molar-refractivity contribution in [2.45, 2.75) is 6.42 Å². The van der Waals surface area contributed by atoms with Crippen molar-refractivity contribution in [2.75, 3.05) is 11.9 Å². The molecule has 6 heteroatoms. The number of aromatic hydroxyl groups is 1. The Morgan fingerprint density at radius 2 is 1.95 bits per heavy atom. The van der Waals surface area contributed by atoms with E-state index in [9.17, 15) is 14.7 Å². The number of nitrogens with one attached hydrogen (secondary N) is 2. The number of hydrogen-bond donors (Lipinski definition) is 3. The Balaban J connectivity index is 1.76. The number of carbonyl (C=O) groups is 2. The third-order valence-corrected chi connectivity index (χ3v) is 2.56. The van der Waals surface area contributed by atoms with Crippen molar-refractivity contribution >= 4 is 17.5 Å². The number of phenolic OH excluding ortho intramolecular Hbond substituents is 1. The molecule has 2 amide bonds. The molecule has 1 aromatic heterocycles. The summed E-state index contributed by atoms with van der Waals surface area (Å²) in [5, 5.41) is 14.6. The maximum Gasteiger partial charge on any atom is 0.286 e. The van der Waals surface area contributed by atoms with Gasteiger partial charge in [0.1, 0.15) is 5.75 Å². The summed E-state index contributed by atoms with van der Waals surface area (Å²) in [5.41, 5.74) is 0.342. The van der Waals surface area contributed by atoms with Gasteiger partial charge in [0.15, 0.2) is 5.76 Å². The van der Waals surface area contributed by atoms with Gasteiger partial charge in [0.05, 0.1) is 12.0 Å². The van der Waals surface area contributed by atoms with E-state index >= 15 is 0 Å². The highest BCUT2D eigenvalue weighted by Crippen LogP contribution is 2.21. The molecule has 0 saturated carbocycles. The van der Waals surface area contributed by atoms with Crippen LogP contribution in [0.1, 0.15) is 17.0 Å². The van der Waals surface area contributed by atoms with Crippen LogP contribution >= 0.6 is 0 Å². The van der Waals surface area contributed by atoms with Crippen molar-refractivity contribution in [1.29, 1.82) is 0 Å². The van der Waals surface area contributed by atoms with Crippen LogP contribution in [0.15, 0.2) is 47.1 Å². The standard InChI is InChI=1S/C14H14N2O4/c17-11-5-2-1-4-10(11)16-13(18)7-8-15-14(19)12-6-3-9-20-12/h1-6,9,17H,7-8H2,(H,15,19)(H,16,18). The van der Waals surface area contributed by atoms with E-state index in [-0.39, 0.29) is 36.3 Å². The molecule has 0 unspecified atom stereocenters. The number of rotatable bonds is 5. The SMILES string of the molecule is O=C(CCNC(=O)c1ccco1)Nc1ccccc1O. The van der Waals surface area contributed by atoms with Crippen LogP contribution < -0.4 is 10.6 Å². The summed E-state index contributed by atoms with van der Waals surface area (Å²) in [6.07, 6.45) is 1.50. The highest BCUT2D eigenvalue weighted by molar-refractivity contribution is 5.94. The van der Waals surface area contributed by atoms with Gasteiger partial charge in [-0.3, -0.25) is 9.59 Å². The summed E-state index contributed by atoms with van der Waals surface area (Å²) in [5.74, 6) is -0.469. The zero-order valence-electron chi connectivity index (χ0n) is 10.6. The second kappa shape index (κ2) is 6.42. The summed E-state index contributed by atoms with van der Waals surface area (Å²) < 4.78 is 4.92. The van der Waals surface area contributed by atoms with Gasteiger partial charge in [-0.05, 0) is 24.3 Å². The van der Waals surface area contributed by atoms with Gasteiger partial charge in [0, 0.05) is 13.0 Å². The third-order valence-electron chi connectivity index (χ3n) is 2.56. The van der Waals surface area contributed by atoms with Crippen LogP contribution in [0, 0.1) is 0 Å². The molecule has 1 heterocycles. The molecule has 6 nitrogen and oxygen atoms in total. The quantitative estimate of drug-likeness (QED) is 0.724. The van der Waals surface area contributed by atoms with Crippen molar-refractivity contribution in [3.05, 3.63) is 48.4 Å². The molecule has 0 fully saturated rings. The van der Waals surface area contributed by atoms with E-state index < -0.39 is 0 Å². The molecular formula is C14H14N2O4. The lowest BCUT2D eigenvalue weighted by Crippen LogP contribution is -2.27. The van der Waals surface area contributed by atoms with Gasteiger partial charge < -0.3 is 20.2 Å². The van der Waals surface area contributed by atoms with E-state index in [4.69, 9.17) is 4.42 Å². The Labute approximate surface area is 115 Å². The fraction of sp³-hybridized carbons (Fsp3) is 0.143. The fourth-order valence-electron chi connectivity index (χ4n) is 1.58. The molecule has 0 aliphatic carbocycles. The number of para-hydroxylation sites is 2. The average molecular weight is 274 g/mol. The zero-order valence-corrected chi connectivity index (χ0v) is 10.6. The van der Waals surface area contributed by atoms with Gasteiger partial charge in [0.2, 0.25) is 5.91 Å². The third kappa shape index (κ3) is 3.61. The maximum atomic E-state index is 11.6. The molecule has 0 bridgehead atoms. The first-order valence-electron chi connectivity index (χ1n) is 6.06. The molecule has 0 saturated heterocycles. The first-order valence-corrected chi connectivity index (χ1v) is 6.06. The highest BCUT2D eigenvalue weighted by atomic mass is 16.3. The van der Waals surface area contributed by atoms with E-state index in [1.807, 2.05) is 0 Å². The smallest absolute Gasteiger partial charge is 0.286 e. The number of anilines is 1. The van der Waals surface area contributed by atoms with Crippen molar-refractivity contribution in [3.8, 4) is 5.75 Å². The van der Waals surface area contributed by atoms with Gasteiger partial charge in [-0.25, -0.2) is 0 Å². The van der Waals surface area contributed by atoms with Crippen LogP contribution in [-0.2, 0) is 4.79 Å². The number of phenols is 1. The molecule has 3 N–H and O–H groups in total. The van der Waals surface area contributed by atoms with Crippen LogP contribution in [-0.4, -0.2) is 23.5 Å². The summed E-state index contributed by atoms with van der Waals surface area (Å²) in [7, 11) is 0. The van der Waals surface area contributed by atoms with Crippen LogP contribution in [0.2, 0.25) is 0 Å². The van der Waals surface area contributed by atoms with Gasteiger partial charge in [-0.1, -0.05) is 12.1 Å². The first-order chi connectivity index (χ1) is 9.66. The molecule has 0 spiro atoms. The predicted octanol–water partition coefficient (Wildman–Crippen LogP) is 1.74. The minimum atomic E-state index is -0.370. The molecule has 0 radical (unpaired) electrons.